The van der Waals surface area contributed by atoms with E-state index < -0.39 is 0 Å². The molecule has 2 aliphatic rings. The van der Waals surface area contributed by atoms with E-state index >= 15 is 0 Å². The number of anilines is 1. The second-order valence-corrected chi connectivity index (χ2v) is 7.14. The molecule has 0 saturated carbocycles. The first-order valence-electron chi connectivity index (χ1n) is 9.19. The van der Waals surface area contributed by atoms with Crippen molar-refractivity contribution >= 4 is 11.5 Å². The van der Waals surface area contributed by atoms with Crippen LogP contribution in [-0.2, 0) is 0 Å². The van der Waals surface area contributed by atoms with E-state index in [9.17, 15) is 4.39 Å². The normalized spacial score (nSPS) is 21.9. The Kier molecular flexibility index (Phi) is 4.70. The number of halogens is 1. The van der Waals surface area contributed by atoms with Crippen LogP contribution in [-0.4, -0.2) is 36.2 Å². The molecule has 3 N–H and O–H groups in total. The topological polar surface area (TPSA) is 76.3 Å². The molecule has 7 heteroatoms. The van der Waals surface area contributed by atoms with Crippen LogP contribution in [0.1, 0.15) is 35.8 Å². The number of ether oxygens (including phenoxy) is 1. The smallest absolute Gasteiger partial charge is 0.225 e. The number of aromatic nitrogens is 2. The van der Waals surface area contributed by atoms with Crippen molar-refractivity contribution in [3.63, 3.8) is 0 Å². The molecule has 6 nitrogen and oxygen atoms in total. The van der Waals surface area contributed by atoms with Gasteiger partial charge < -0.3 is 20.7 Å². The van der Waals surface area contributed by atoms with Crippen LogP contribution in [0.2, 0.25) is 0 Å². The Morgan fingerprint density at radius 3 is 2.93 bits per heavy atom. The quantitative estimate of drug-likeness (QED) is 0.863. The summed E-state index contributed by atoms with van der Waals surface area (Å²) >= 11 is 0. The highest BCUT2D eigenvalue weighted by Gasteiger charge is 2.27. The van der Waals surface area contributed by atoms with Crippen molar-refractivity contribution in [2.45, 2.75) is 31.8 Å². The predicted molar refractivity (Wildman–Crippen MR) is 103 cm³/mol. The molecule has 2 atom stereocenters. The van der Waals surface area contributed by atoms with Crippen LogP contribution in [0.15, 0.2) is 30.5 Å². The van der Waals surface area contributed by atoms with Crippen molar-refractivity contribution < 1.29 is 9.13 Å². The monoisotopic (exact) mass is 369 g/mol. The number of nitrogens with two attached hydrogens (primary N) is 1. The lowest BCUT2D eigenvalue weighted by molar-refractivity contribution is 0.409. The first-order chi connectivity index (χ1) is 13.0. The van der Waals surface area contributed by atoms with Crippen molar-refractivity contribution in [3.05, 3.63) is 53.2 Å². The van der Waals surface area contributed by atoms with E-state index in [1.165, 1.54) is 6.07 Å². The summed E-state index contributed by atoms with van der Waals surface area (Å²) in [7, 11) is 1.56. The van der Waals surface area contributed by atoms with Gasteiger partial charge in [-0.15, -0.1) is 0 Å². The van der Waals surface area contributed by atoms with Gasteiger partial charge in [-0.25, -0.2) is 14.4 Å². The number of methoxy groups -OCH3 is 1. The number of aryl methyl sites for hydroxylation is 1. The van der Waals surface area contributed by atoms with Gasteiger partial charge in [-0.3, -0.25) is 0 Å². The fourth-order valence-corrected chi connectivity index (χ4v) is 3.75. The van der Waals surface area contributed by atoms with Crippen LogP contribution in [0.4, 0.5) is 10.3 Å². The maximum atomic E-state index is 14.4. The molecule has 0 spiro atoms. The van der Waals surface area contributed by atoms with E-state index in [-0.39, 0.29) is 17.9 Å². The van der Waals surface area contributed by atoms with Crippen molar-refractivity contribution in [1.29, 1.82) is 0 Å². The highest BCUT2D eigenvalue weighted by Crippen LogP contribution is 2.37. The highest BCUT2D eigenvalue weighted by molar-refractivity contribution is 5.73. The molecule has 0 radical (unpaired) electrons. The second kappa shape index (κ2) is 7.15. The molecule has 4 rings (SSSR count). The molecule has 0 aliphatic carbocycles. The molecular weight excluding hydrogens is 345 g/mol. The van der Waals surface area contributed by atoms with E-state index in [1.807, 2.05) is 19.2 Å². The van der Waals surface area contributed by atoms with Crippen LogP contribution in [0, 0.1) is 12.7 Å². The van der Waals surface area contributed by atoms with Gasteiger partial charge in [0.25, 0.3) is 0 Å². The fraction of sp³-hybridized carbons (Fsp3) is 0.400. The predicted octanol–water partition coefficient (Wildman–Crippen LogP) is 2.55. The van der Waals surface area contributed by atoms with Gasteiger partial charge >= 0.3 is 0 Å². The Bertz CT molecular complexity index is 885. The highest BCUT2D eigenvalue weighted by atomic mass is 19.1. The second-order valence-electron chi connectivity index (χ2n) is 7.14. The molecular formula is C20H24FN5O. The van der Waals surface area contributed by atoms with E-state index in [2.05, 4.69) is 15.2 Å². The van der Waals surface area contributed by atoms with Gasteiger partial charge in [-0.05, 0) is 37.1 Å². The third kappa shape index (κ3) is 3.47. The van der Waals surface area contributed by atoms with Gasteiger partial charge in [0.1, 0.15) is 11.6 Å². The molecule has 142 valence electrons. The molecule has 0 amide bonds. The number of hydrogen-bond acceptors (Lipinski definition) is 6. The summed E-state index contributed by atoms with van der Waals surface area (Å²) in [6, 6.07) is 7.00. The number of nitrogens with zero attached hydrogens (tertiary/aromatic N) is 3. The van der Waals surface area contributed by atoms with Gasteiger partial charge in [0.2, 0.25) is 5.95 Å². The van der Waals surface area contributed by atoms with Gasteiger partial charge in [-0.1, -0.05) is 6.07 Å². The maximum Gasteiger partial charge on any atom is 0.225 e. The summed E-state index contributed by atoms with van der Waals surface area (Å²) in [6.45, 7) is 3.61. The van der Waals surface area contributed by atoms with Crippen molar-refractivity contribution in [1.82, 2.24) is 15.3 Å². The minimum absolute atomic E-state index is 0.0268. The van der Waals surface area contributed by atoms with Gasteiger partial charge in [0, 0.05) is 37.4 Å². The summed E-state index contributed by atoms with van der Waals surface area (Å²) < 4.78 is 19.7. The SMILES string of the molecule is COc1cccc(F)c1C1=CNC(c2cc(C)nc(N3CC[C@H](N)C3)n2)C1. The molecule has 1 aromatic carbocycles. The number of benzene rings is 1. The Morgan fingerprint density at radius 1 is 1.33 bits per heavy atom. The van der Waals surface area contributed by atoms with E-state index in [1.54, 1.807) is 19.2 Å². The van der Waals surface area contributed by atoms with Crippen LogP contribution in [0.25, 0.3) is 5.57 Å². The Balaban J connectivity index is 1.58. The molecule has 27 heavy (non-hydrogen) atoms. The lowest BCUT2D eigenvalue weighted by atomic mass is 9.99. The molecule has 1 aromatic heterocycles. The van der Waals surface area contributed by atoms with Gasteiger partial charge in [-0.2, -0.15) is 0 Å². The largest absolute Gasteiger partial charge is 0.496 e. The first-order valence-corrected chi connectivity index (χ1v) is 9.19. The Hall–Kier alpha value is -2.67. The van der Waals surface area contributed by atoms with E-state index in [4.69, 9.17) is 15.5 Å². The van der Waals surface area contributed by atoms with Crippen LogP contribution in [0.3, 0.4) is 0 Å². The van der Waals surface area contributed by atoms with Crippen molar-refractivity contribution in [2.24, 2.45) is 5.73 Å². The third-order valence-corrected chi connectivity index (χ3v) is 5.13. The molecule has 1 saturated heterocycles. The van der Waals surface area contributed by atoms with Crippen molar-refractivity contribution in [3.8, 4) is 5.75 Å². The maximum absolute atomic E-state index is 14.4. The Labute approximate surface area is 158 Å². The average Bonchev–Trinajstić information content (AvgIpc) is 3.30. The zero-order valence-corrected chi connectivity index (χ0v) is 15.6. The molecule has 1 fully saturated rings. The number of nitrogens with one attached hydrogen (secondary N) is 1. The lowest BCUT2D eigenvalue weighted by Gasteiger charge is -2.19. The number of hydrogen-bond donors (Lipinski definition) is 2. The Morgan fingerprint density at radius 2 is 2.19 bits per heavy atom. The summed E-state index contributed by atoms with van der Waals surface area (Å²) in [5.74, 6) is 0.972. The number of rotatable bonds is 4. The van der Waals surface area contributed by atoms with Gasteiger partial charge in [0.05, 0.1) is 24.4 Å². The zero-order valence-electron chi connectivity index (χ0n) is 15.6. The van der Waals surface area contributed by atoms with E-state index in [0.29, 0.717) is 17.7 Å². The van der Waals surface area contributed by atoms with Crippen LogP contribution in [0.5, 0.6) is 5.75 Å². The fourth-order valence-electron chi connectivity index (χ4n) is 3.75. The first kappa shape index (κ1) is 17.7. The lowest BCUT2D eigenvalue weighted by Crippen LogP contribution is -2.28. The molecule has 3 heterocycles. The standard InChI is InChI=1S/C20H24FN5O/c1-12-8-17(25-20(24-12)26-7-6-14(22)11-26)16-9-13(10-23-16)19-15(21)4-3-5-18(19)27-2/h3-5,8,10,14,16,23H,6-7,9,11,22H2,1-2H3/t14-,16?/m0/s1. The summed E-state index contributed by atoms with van der Waals surface area (Å²) in [5.41, 5.74) is 9.21. The summed E-state index contributed by atoms with van der Waals surface area (Å²) in [6.07, 6.45) is 3.44. The molecule has 2 aromatic rings. The third-order valence-electron chi connectivity index (χ3n) is 5.13. The average molecular weight is 369 g/mol. The zero-order chi connectivity index (χ0) is 19.0. The molecule has 2 aliphatic heterocycles. The minimum atomic E-state index is -0.284. The van der Waals surface area contributed by atoms with Crippen LogP contribution >= 0.6 is 0 Å². The van der Waals surface area contributed by atoms with E-state index in [0.717, 1.165) is 42.4 Å². The molecule has 1 unspecified atom stereocenters. The van der Waals surface area contributed by atoms with Gasteiger partial charge in [0.15, 0.2) is 0 Å². The summed E-state index contributed by atoms with van der Waals surface area (Å²) in [5, 5.41) is 3.34. The molecule has 0 bridgehead atoms. The van der Waals surface area contributed by atoms with Crippen LogP contribution < -0.4 is 20.7 Å². The summed E-state index contributed by atoms with van der Waals surface area (Å²) in [4.78, 5) is 11.5. The minimum Gasteiger partial charge on any atom is -0.496 e. The van der Waals surface area contributed by atoms with Crippen molar-refractivity contribution in [2.75, 3.05) is 25.1 Å².